The molecule has 0 saturated heterocycles. The first-order valence-corrected chi connectivity index (χ1v) is 20.3. The van der Waals surface area contributed by atoms with Gasteiger partial charge in [0, 0.05) is 78.8 Å². The third kappa shape index (κ3) is 14.9. The molecule has 0 N–H and O–H groups in total. The van der Waals surface area contributed by atoms with E-state index in [1.165, 1.54) is 40.2 Å². The Morgan fingerprint density at radius 1 is 0.369 bits per heavy atom. The number of aryl methyl sites for hydroxylation is 3. The number of aromatic nitrogens is 4. The molecule has 324 valence electrons. The molecule has 6 heteroatoms. The van der Waals surface area contributed by atoms with E-state index >= 15 is 0 Å². The Morgan fingerprint density at radius 3 is 1.18 bits per heavy atom. The third-order valence-electron chi connectivity index (χ3n) is 9.53. The second-order valence-electron chi connectivity index (χ2n) is 14.0. The van der Waals surface area contributed by atoms with Crippen LogP contribution in [0.3, 0.4) is 0 Å². The quantitative estimate of drug-likeness (QED) is 0.156. The number of hydrogen-bond acceptors (Lipinski definition) is 4. The van der Waals surface area contributed by atoms with E-state index in [1.807, 2.05) is 140 Å². The zero-order chi connectivity index (χ0) is 48.5. The van der Waals surface area contributed by atoms with Crippen LogP contribution in [0, 0.1) is 44.9 Å². The largest absolute Gasteiger partial charge is 0.305 e. The summed E-state index contributed by atoms with van der Waals surface area (Å²) >= 11 is 0. The van der Waals surface area contributed by atoms with Gasteiger partial charge in [0.15, 0.2) is 0 Å². The zero-order valence-electron chi connectivity index (χ0n) is 41.3. The first kappa shape index (κ1) is 41.0. The van der Waals surface area contributed by atoms with E-state index in [0.717, 1.165) is 45.0 Å². The summed E-state index contributed by atoms with van der Waals surface area (Å²) in [6.07, 6.45) is 6.58. The first-order chi connectivity index (χ1) is 33.4. The number of rotatable bonds is 6. The van der Waals surface area contributed by atoms with Gasteiger partial charge in [-0.2, -0.15) is 0 Å². The van der Waals surface area contributed by atoms with Gasteiger partial charge in [-0.05, 0) is 82.9 Å². The molecular formula is C59H46Ir2N4-4. The molecule has 0 aliphatic heterocycles. The first-order valence-electron chi connectivity index (χ1n) is 23.3. The molecule has 0 atom stereocenters. The molecule has 0 saturated carbocycles. The van der Waals surface area contributed by atoms with Crippen molar-refractivity contribution >= 4 is 0 Å². The summed E-state index contributed by atoms with van der Waals surface area (Å²) in [6, 6.07) is 76.7. The topological polar surface area (TPSA) is 51.6 Å². The maximum absolute atomic E-state index is 7.23. The maximum atomic E-state index is 7.23. The minimum absolute atomic E-state index is 0. The number of benzene rings is 6. The van der Waals surface area contributed by atoms with Crippen LogP contribution in [0.15, 0.2) is 225 Å². The average molecular weight is 1200 g/mol. The number of pyridine rings is 4. The van der Waals surface area contributed by atoms with Gasteiger partial charge in [-0.25, -0.2) is 0 Å². The van der Waals surface area contributed by atoms with Crippen molar-refractivity contribution in [2.24, 2.45) is 0 Å². The van der Waals surface area contributed by atoms with Gasteiger partial charge in [-0.1, -0.05) is 97.1 Å². The molecule has 65 heavy (non-hydrogen) atoms. The summed E-state index contributed by atoms with van der Waals surface area (Å²) in [7, 11) is 0. The van der Waals surface area contributed by atoms with Gasteiger partial charge < -0.3 is 19.9 Å². The number of hydrogen-bond donors (Lipinski definition) is 0. The second kappa shape index (κ2) is 26.1. The normalized spacial score (nSPS) is 11.6. The monoisotopic (exact) mass is 1200 g/mol. The van der Waals surface area contributed by atoms with Crippen LogP contribution in [0.1, 0.15) is 24.9 Å². The van der Waals surface area contributed by atoms with Crippen LogP contribution in [0.4, 0.5) is 0 Å². The molecule has 10 aromatic rings. The van der Waals surface area contributed by atoms with Crippen LogP contribution in [0.25, 0.3) is 67.3 Å². The minimum Gasteiger partial charge on any atom is -0.305 e. The van der Waals surface area contributed by atoms with Crippen LogP contribution in [0.5, 0.6) is 0 Å². The molecule has 2 radical (unpaired) electrons. The van der Waals surface area contributed by atoms with Gasteiger partial charge in [0.2, 0.25) is 0 Å². The smallest absolute Gasteiger partial charge is 0.0280 e. The van der Waals surface area contributed by atoms with Crippen LogP contribution in [0.2, 0.25) is 0 Å². The van der Waals surface area contributed by atoms with E-state index < -0.39 is 13.7 Å². The summed E-state index contributed by atoms with van der Waals surface area (Å²) in [5.41, 5.74) is 13.7. The molecule has 4 heterocycles. The molecule has 0 fully saturated rings. The zero-order valence-corrected chi connectivity index (χ0v) is 40.1. The number of nitrogens with zero attached hydrogens (tertiary/aromatic N) is 4. The minimum atomic E-state index is -2.09. The molecule has 0 amide bonds. The molecule has 0 aliphatic carbocycles. The van der Waals surface area contributed by atoms with Gasteiger partial charge in [0.1, 0.15) is 0 Å². The molecule has 0 spiro atoms. The predicted molar refractivity (Wildman–Crippen MR) is 259 cm³/mol. The summed E-state index contributed by atoms with van der Waals surface area (Å²) in [6.45, 7) is -2.06. The van der Waals surface area contributed by atoms with Crippen LogP contribution < -0.4 is 0 Å². The van der Waals surface area contributed by atoms with Crippen molar-refractivity contribution in [1.29, 1.82) is 0 Å². The van der Waals surface area contributed by atoms with E-state index in [1.54, 1.807) is 36.4 Å². The van der Waals surface area contributed by atoms with Crippen molar-refractivity contribution in [3.05, 3.63) is 266 Å². The Labute approximate surface area is 419 Å². The molecule has 0 aliphatic rings. The molecule has 6 aromatic carbocycles. The average Bonchev–Trinajstić information content (AvgIpc) is 3.40. The van der Waals surface area contributed by atoms with Crippen molar-refractivity contribution in [2.75, 3.05) is 0 Å². The van der Waals surface area contributed by atoms with Crippen LogP contribution >= 0.6 is 0 Å². The molecule has 10 rings (SSSR count). The van der Waals surface area contributed by atoms with Crippen molar-refractivity contribution in [2.45, 2.75) is 20.6 Å². The SMILES string of the molecule is Cc1cc(-c2[c-]cccc2)ncc1-c1ccccc1.[2H]C([2H])([2H])c1ccc(-c2[c-]cccc2)nc1.[2H]C([2H])([2H])c1ccc(-c2[c-]cccc2)nc1.[Ir].[Ir].[c-]1ccccc1-c1cc(-c2ccccc2)ccn1. The van der Waals surface area contributed by atoms with E-state index in [2.05, 4.69) is 87.5 Å². The van der Waals surface area contributed by atoms with Gasteiger partial charge in [0.25, 0.3) is 0 Å². The maximum Gasteiger partial charge on any atom is 0.0280 e. The summed E-state index contributed by atoms with van der Waals surface area (Å²) < 4.78 is 43.4. The van der Waals surface area contributed by atoms with E-state index in [-0.39, 0.29) is 51.3 Å². The van der Waals surface area contributed by atoms with E-state index in [4.69, 9.17) is 8.22 Å². The molecule has 4 nitrogen and oxygen atoms in total. The Hall–Kier alpha value is -6.78. The van der Waals surface area contributed by atoms with Crippen LogP contribution in [-0.4, -0.2) is 19.9 Å². The van der Waals surface area contributed by atoms with Crippen molar-refractivity contribution < 1.29 is 48.4 Å². The van der Waals surface area contributed by atoms with Crippen molar-refractivity contribution in [3.8, 4) is 67.3 Å². The van der Waals surface area contributed by atoms with Gasteiger partial charge >= 0.3 is 0 Å². The third-order valence-corrected chi connectivity index (χ3v) is 9.53. The molecule has 0 unspecified atom stereocenters. The molecule has 4 aromatic heterocycles. The Balaban J connectivity index is 0.000000175. The van der Waals surface area contributed by atoms with Crippen LogP contribution in [-0.2, 0) is 40.2 Å². The Bertz CT molecular complexity index is 2950. The Morgan fingerprint density at radius 2 is 0.785 bits per heavy atom. The van der Waals surface area contributed by atoms with E-state index in [0.29, 0.717) is 0 Å². The fourth-order valence-electron chi connectivity index (χ4n) is 6.33. The summed E-state index contributed by atoms with van der Waals surface area (Å²) in [5.74, 6) is 0. The fourth-order valence-corrected chi connectivity index (χ4v) is 6.33. The second-order valence-corrected chi connectivity index (χ2v) is 14.0. The van der Waals surface area contributed by atoms with Gasteiger partial charge in [-0.3, -0.25) is 0 Å². The molecular weight excluding hydrogens is 1150 g/mol. The standard InChI is InChI=1S/C18H14N.C17H12N.2C12H10N.2Ir/c1-14-12-18(16-10-6-3-7-11-16)19-13-17(14)15-8-4-2-5-9-15;1-3-7-14(8-4-1)16-11-12-18-17(13-16)15-9-5-2-6-10-15;2*1-10-7-8-12(13-9-10)11-5-3-2-4-6-11;;/h2-10,12-13H,1H3;1-9,11-13H;2*2-5,7-9H,1H3;;/q4*-1;;/i;;2*1D3;;. The Kier molecular flexibility index (Phi) is 16.5. The summed E-state index contributed by atoms with van der Waals surface area (Å²) in [4.78, 5) is 17.2. The molecule has 0 bridgehead atoms. The van der Waals surface area contributed by atoms with Crippen molar-refractivity contribution in [1.82, 2.24) is 19.9 Å². The fraction of sp³-hybridized carbons (Fsp3) is 0.0508. The van der Waals surface area contributed by atoms with Gasteiger partial charge in [0.05, 0.1) is 0 Å². The van der Waals surface area contributed by atoms with Crippen molar-refractivity contribution in [3.63, 3.8) is 0 Å². The summed E-state index contributed by atoms with van der Waals surface area (Å²) in [5, 5.41) is 0. The predicted octanol–water partition coefficient (Wildman–Crippen LogP) is 14.4. The van der Waals surface area contributed by atoms with E-state index in [9.17, 15) is 0 Å². The van der Waals surface area contributed by atoms with Gasteiger partial charge in [-0.15, -0.1) is 144 Å².